The van der Waals surface area contributed by atoms with E-state index in [1.54, 1.807) is 0 Å². The van der Waals surface area contributed by atoms with Gasteiger partial charge < -0.3 is 5.32 Å². The molecule has 1 aromatic rings. The lowest BCUT2D eigenvalue weighted by molar-refractivity contribution is 0.216. The van der Waals surface area contributed by atoms with Crippen LogP contribution in [0.15, 0.2) is 10.7 Å². The second kappa shape index (κ2) is 5.63. The van der Waals surface area contributed by atoms with Crippen LogP contribution < -0.4 is 5.32 Å². The first kappa shape index (κ1) is 15.7. The minimum Gasteiger partial charge on any atom is -0.367 e. The quantitative estimate of drug-likeness (QED) is 0.777. The van der Waals surface area contributed by atoms with Gasteiger partial charge in [0, 0.05) is 17.5 Å². The van der Waals surface area contributed by atoms with E-state index in [9.17, 15) is 0 Å². The number of hydrogen-bond donors (Lipinski definition) is 1. The third-order valence-electron chi connectivity index (χ3n) is 4.20. The van der Waals surface area contributed by atoms with Crippen LogP contribution in [0.25, 0.3) is 0 Å². The van der Waals surface area contributed by atoms with Crippen LogP contribution in [0.1, 0.15) is 66.1 Å². The highest BCUT2D eigenvalue weighted by Crippen LogP contribution is 2.37. The molecule has 0 amide bonds. The van der Waals surface area contributed by atoms with E-state index < -0.39 is 0 Å². The Hall–Kier alpha value is -0.640. The molecule has 1 fully saturated rings. The Morgan fingerprint density at radius 3 is 2.55 bits per heavy atom. The average Bonchev–Trinajstić information content (AvgIpc) is 2.30. The lowest BCUT2D eigenvalue weighted by Crippen LogP contribution is -2.39. The maximum atomic E-state index is 4.71. The van der Waals surface area contributed by atoms with E-state index in [0.29, 0.717) is 11.5 Å². The van der Waals surface area contributed by atoms with Gasteiger partial charge in [-0.25, -0.2) is 9.97 Å². The summed E-state index contributed by atoms with van der Waals surface area (Å²) in [5.41, 5.74) is 0.292. The van der Waals surface area contributed by atoms with Crippen molar-refractivity contribution in [2.45, 2.75) is 71.8 Å². The lowest BCUT2D eigenvalue weighted by Gasteiger charge is -2.39. The van der Waals surface area contributed by atoms with Crippen LogP contribution >= 0.6 is 15.9 Å². The zero-order valence-corrected chi connectivity index (χ0v) is 14.8. The average molecular weight is 340 g/mol. The molecule has 1 saturated carbocycles. The molecule has 4 heteroatoms. The predicted octanol–water partition coefficient (Wildman–Crippen LogP) is 4.92. The van der Waals surface area contributed by atoms with E-state index in [2.05, 4.69) is 60.8 Å². The van der Waals surface area contributed by atoms with E-state index >= 15 is 0 Å². The van der Waals surface area contributed by atoms with Crippen molar-refractivity contribution in [2.24, 2.45) is 5.41 Å². The van der Waals surface area contributed by atoms with Crippen LogP contribution in [0.5, 0.6) is 0 Å². The maximum absolute atomic E-state index is 4.71. The summed E-state index contributed by atoms with van der Waals surface area (Å²) >= 11 is 3.51. The summed E-state index contributed by atoms with van der Waals surface area (Å²) < 4.78 is 0.855. The number of halogens is 1. The summed E-state index contributed by atoms with van der Waals surface area (Å²) in [7, 11) is 0. The molecule has 1 atom stereocenters. The molecular weight excluding hydrogens is 314 g/mol. The Balaban J connectivity index is 2.23. The van der Waals surface area contributed by atoms with E-state index in [-0.39, 0.29) is 5.41 Å². The molecule has 0 saturated heterocycles. The SMILES string of the molecule is CC(C)(C)c1nc(Br)cc(NC2CCCCC2(C)C)n1. The van der Waals surface area contributed by atoms with Crippen LogP contribution in [0.3, 0.4) is 0 Å². The fraction of sp³-hybridized carbons (Fsp3) is 0.750. The van der Waals surface area contributed by atoms with Crippen molar-refractivity contribution in [2.75, 3.05) is 5.32 Å². The Kier molecular flexibility index (Phi) is 4.43. The molecule has 3 nitrogen and oxygen atoms in total. The lowest BCUT2D eigenvalue weighted by atomic mass is 9.73. The Morgan fingerprint density at radius 2 is 1.95 bits per heavy atom. The first-order valence-corrected chi connectivity index (χ1v) is 8.29. The zero-order chi connectivity index (χ0) is 15.0. The van der Waals surface area contributed by atoms with Crippen molar-refractivity contribution in [3.05, 3.63) is 16.5 Å². The van der Waals surface area contributed by atoms with Crippen molar-refractivity contribution < 1.29 is 0 Å². The highest BCUT2D eigenvalue weighted by atomic mass is 79.9. The molecule has 0 bridgehead atoms. The summed E-state index contributed by atoms with van der Waals surface area (Å²) in [6, 6.07) is 2.48. The van der Waals surface area contributed by atoms with Gasteiger partial charge in [0.05, 0.1) is 0 Å². The van der Waals surface area contributed by atoms with Crippen LogP contribution in [-0.2, 0) is 5.41 Å². The van der Waals surface area contributed by atoms with Gasteiger partial charge in [-0.1, -0.05) is 47.5 Å². The second-order valence-electron chi connectivity index (χ2n) is 7.58. The first-order chi connectivity index (χ1) is 9.18. The molecular formula is C16H26BrN3. The molecule has 0 aromatic carbocycles. The van der Waals surface area contributed by atoms with Crippen molar-refractivity contribution in [1.82, 2.24) is 9.97 Å². The van der Waals surface area contributed by atoms with E-state index in [1.807, 2.05) is 6.07 Å². The molecule has 0 radical (unpaired) electrons. The Bertz CT molecular complexity index is 477. The van der Waals surface area contributed by atoms with Gasteiger partial charge in [-0.2, -0.15) is 0 Å². The standard InChI is InChI=1S/C16H26BrN3/c1-15(2,3)14-19-12(17)10-13(20-14)18-11-8-6-7-9-16(11,4)5/h10-11H,6-9H2,1-5H3,(H,18,19,20). The van der Waals surface area contributed by atoms with Gasteiger partial charge >= 0.3 is 0 Å². The maximum Gasteiger partial charge on any atom is 0.137 e. The van der Waals surface area contributed by atoms with Gasteiger partial charge in [-0.05, 0) is 34.2 Å². The number of nitrogens with one attached hydrogen (secondary N) is 1. The molecule has 112 valence electrons. The van der Waals surface area contributed by atoms with Crippen molar-refractivity contribution in [3.63, 3.8) is 0 Å². The monoisotopic (exact) mass is 339 g/mol. The molecule has 20 heavy (non-hydrogen) atoms. The zero-order valence-electron chi connectivity index (χ0n) is 13.3. The van der Waals surface area contributed by atoms with E-state index in [0.717, 1.165) is 16.2 Å². The van der Waals surface area contributed by atoms with E-state index in [1.165, 1.54) is 25.7 Å². The topological polar surface area (TPSA) is 37.8 Å². The van der Waals surface area contributed by atoms with Crippen LogP contribution in [0.4, 0.5) is 5.82 Å². The summed E-state index contributed by atoms with van der Waals surface area (Å²) in [6.07, 6.45) is 5.15. The van der Waals surface area contributed by atoms with Crippen LogP contribution in [0.2, 0.25) is 0 Å². The fourth-order valence-corrected chi connectivity index (χ4v) is 3.15. The van der Waals surface area contributed by atoms with Gasteiger partial charge in [-0.15, -0.1) is 0 Å². The summed E-state index contributed by atoms with van der Waals surface area (Å²) in [5, 5.41) is 3.64. The normalized spacial score (nSPS) is 22.6. The molecule has 1 aromatic heterocycles. The minimum atomic E-state index is -0.0394. The largest absolute Gasteiger partial charge is 0.367 e. The molecule has 1 unspecified atom stereocenters. The van der Waals surface area contributed by atoms with Crippen LogP contribution in [-0.4, -0.2) is 16.0 Å². The highest BCUT2D eigenvalue weighted by Gasteiger charge is 2.32. The van der Waals surface area contributed by atoms with Crippen molar-refractivity contribution in [3.8, 4) is 0 Å². The third kappa shape index (κ3) is 3.72. The van der Waals surface area contributed by atoms with Gasteiger partial charge in [0.15, 0.2) is 0 Å². The second-order valence-corrected chi connectivity index (χ2v) is 8.39. The summed E-state index contributed by atoms with van der Waals surface area (Å²) in [4.78, 5) is 9.21. The number of nitrogens with zero attached hydrogens (tertiary/aromatic N) is 2. The molecule has 1 aliphatic rings. The predicted molar refractivity (Wildman–Crippen MR) is 88.1 cm³/mol. The number of aromatic nitrogens is 2. The van der Waals surface area contributed by atoms with Gasteiger partial charge in [-0.3, -0.25) is 0 Å². The number of rotatable bonds is 2. The van der Waals surface area contributed by atoms with Crippen molar-refractivity contribution in [1.29, 1.82) is 0 Å². The third-order valence-corrected chi connectivity index (χ3v) is 4.60. The number of anilines is 1. The molecule has 0 aliphatic heterocycles. The number of hydrogen-bond acceptors (Lipinski definition) is 3. The molecule has 0 spiro atoms. The van der Waals surface area contributed by atoms with Crippen LogP contribution in [0, 0.1) is 5.41 Å². The van der Waals surface area contributed by atoms with Crippen molar-refractivity contribution >= 4 is 21.7 Å². The first-order valence-electron chi connectivity index (χ1n) is 7.50. The van der Waals surface area contributed by atoms with E-state index in [4.69, 9.17) is 4.98 Å². The van der Waals surface area contributed by atoms with Gasteiger partial charge in [0.2, 0.25) is 0 Å². The highest BCUT2D eigenvalue weighted by molar-refractivity contribution is 9.10. The fourth-order valence-electron chi connectivity index (χ4n) is 2.77. The van der Waals surface area contributed by atoms with Gasteiger partial charge in [0.25, 0.3) is 0 Å². The van der Waals surface area contributed by atoms with Gasteiger partial charge in [0.1, 0.15) is 16.2 Å². The molecule has 1 heterocycles. The Morgan fingerprint density at radius 1 is 1.25 bits per heavy atom. The smallest absolute Gasteiger partial charge is 0.137 e. The summed E-state index contributed by atoms with van der Waals surface area (Å²) in [5.74, 6) is 1.82. The Labute approximate surface area is 131 Å². The molecule has 2 rings (SSSR count). The summed E-state index contributed by atoms with van der Waals surface area (Å²) in [6.45, 7) is 11.1. The molecule has 1 aliphatic carbocycles. The molecule has 1 N–H and O–H groups in total. The minimum absolute atomic E-state index is 0.0394.